The van der Waals surface area contributed by atoms with E-state index in [4.69, 9.17) is 12.2 Å². The number of thiocarbonyl (C=S) groups is 1. The maximum Gasteiger partial charge on any atom is 0.271 e. The molecular weight excluding hydrogens is 394 g/mol. The molecule has 0 aliphatic heterocycles. The summed E-state index contributed by atoms with van der Waals surface area (Å²) in [6, 6.07) is 22.8. The van der Waals surface area contributed by atoms with Gasteiger partial charge in [0.05, 0.1) is 11.3 Å². The highest BCUT2D eigenvalue weighted by molar-refractivity contribution is 7.80. The number of hydrazine groups is 1. The van der Waals surface area contributed by atoms with Gasteiger partial charge in [-0.25, -0.2) is 9.97 Å². The van der Waals surface area contributed by atoms with Crippen molar-refractivity contribution in [2.75, 3.05) is 5.32 Å². The summed E-state index contributed by atoms with van der Waals surface area (Å²) in [6.07, 6.45) is 1.68. The van der Waals surface area contributed by atoms with Crippen LogP contribution in [0.2, 0.25) is 0 Å². The Morgan fingerprint density at radius 3 is 2.47 bits per heavy atom. The minimum Gasteiger partial charge on any atom is -0.331 e. The number of aryl methyl sites for hydroxylation is 1. The molecule has 0 radical (unpaired) electrons. The summed E-state index contributed by atoms with van der Waals surface area (Å²) in [6.45, 7) is 2.01. The largest absolute Gasteiger partial charge is 0.331 e. The van der Waals surface area contributed by atoms with Gasteiger partial charge in [0.15, 0.2) is 10.8 Å². The molecule has 7 heteroatoms. The van der Waals surface area contributed by atoms with Gasteiger partial charge in [-0.2, -0.15) is 0 Å². The lowest BCUT2D eigenvalue weighted by molar-refractivity contribution is 0.0944. The van der Waals surface area contributed by atoms with Gasteiger partial charge in [0.25, 0.3) is 5.91 Å². The third-order valence-electron chi connectivity index (χ3n) is 4.48. The second kappa shape index (κ2) is 8.67. The molecule has 0 saturated heterocycles. The number of nitrogens with zero attached hydrogens (tertiary/aromatic N) is 2. The Hall–Kier alpha value is -3.84. The maximum absolute atomic E-state index is 13.0. The Kier molecular flexibility index (Phi) is 5.63. The number of carbonyl (C=O) groups is 1. The molecule has 4 rings (SSSR count). The van der Waals surface area contributed by atoms with E-state index < -0.39 is 0 Å². The van der Waals surface area contributed by atoms with E-state index in [-0.39, 0.29) is 11.0 Å². The number of anilines is 1. The smallest absolute Gasteiger partial charge is 0.271 e. The molecule has 0 spiro atoms. The molecule has 0 atom stereocenters. The standard InChI is InChI=1S/C23H19N5OS/c1-15-9-11-18(12-10-15)25-23(30)28-27-22(29)19-14-17-8-5-13-24-21(17)26-20(19)16-6-3-2-4-7-16/h2-14H,1H3,(H,27,29)(H2,25,28,30). The number of nitrogens with one attached hydrogen (secondary N) is 3. The predicted molar refractivity (Wildman–Crippen MR) is 123 cm³/mol. The highest BCUT2D eigenvalue weighted by Gasteiger charge is 2.16. The van der Waals surface area contributed by atoms with Crippen molar-refractivity contribution in [3.8, 4) is 11.3 Å². The van der Waals surface area contributed by atoms with Gasteiger partial charge in [-0.1, -0.05) is 48.0 Å². The van der Waals surface area contributed by atoms with Gasteiger partial charge < -0.3 is 5.32 Å². The number of aromatic nitrogens is 2. The number of rotatable bonds is 3. The first-order valence-corrected chi connectivity index (χ1v) is 9.76. The molecule has 3 N–H and O–H groups in total. The van der Waals surface area contributed by atoms with E-state index in [1.165, 1.54) is 0 Å². The number of benzene rings is 2. The van der Waals surface area contributed by atoms with Crippen LogP contribution in [0.5, 0.6) is 0 Å². The second-order valence-corrected chi connectivity index (χ2v) is 7.11. The molecule has 0 bridgehead atoms. The molecule has 0 unspecified atom stereocenters. The monoisotopic (exact) mass is 413 g/mol. The normalized spacial score (nSPS) is 10.4. The first-order valence-electron chi connectivity index (χ1n) is 9.35. The summed E-state index contributed by atoms with van der Waals surface area (Å²) in [5.74, 6) is -0.347. The molecule has 0 aliphatic rings. The fraction of sp³-hybridized carbons (Fsp3) is 0.0435. The summed E-state index contributed by atoms with van der Waals surface area (Å²) in [4.78, 5) is 21.9. The summed E-state index contributed by atoms with van der Waals surface area (Å²) in [5.41, 5.74) is 9.77. The summed E-state index contributed by atoms with van der Waals surface area (Å²) < 4.78 is 0. The molecule has 4 aromatic rings. The molecule has 2 aromatic carbocycles. The Morgan fingerprint density at radius 2 is 1.70 bits per heavy atom. The third-order valence-corrected chi connectivity index (χ3v) is 4.68. The minimum atomic E-state index is -0.347. The van der Waals surface area contributed by atoms with Crippen LogP contribution in [-0.2, 0) is 0 Å². The van der Waals surface area contributed by atoms with Crippen molar-refractivity contribution in [3.05, 3.63) is 90.1 Å². The van der Waals surface area contributed by atoms with Crippen LogP contribution in [0.3, 0.4) is 0 Å². The van der Waals surface area contributed by atoms with Crippen molar-refractivity contribution in [2.24, 2.45) is 0 Å². The van der Waals surface area contributed by atoms with E-state index in [9.17, 15) is 4.79 Å². The summed E-state index contributed by atoms with van der Waals surface area (Å²) in [7, 11) is 0. The van der Waals surface area contributed by atoms with Crippen LogP contribution < -0.4 is 16.2 Å². The molecular formula is C23H19N5OS. The minimum absolute atomic E-state index is 0.281. The van der Waals surface area contributed by atoms with E-state index in [1.54, 1.807) is 12.3 Å². The highest BCUT2D eigenvalue weighted by atomic mass is 32.1. The van der Waals surface area contributed by atoms with Gasteiger partial charge in [-0.05, 0) is 49.5 Å². The fourth-order valence-electron chi connectivity index (χ4n) is 2.97. The van der Waals surface area contributed by atoms with Crippen molar-refractivity contribution in [1.82, 2.24) is 20.8 Å². The van der Waals surface area contributed by atoms with Crippen LogP contribution in [0.15, 0.2) is 79.0 Å². The Balaban J connectivity index is 1.56. The highest BCUT2D eigenvalue weighted by Crippen LogP contribution is 2.24. The van der Waals surface area contributed by atoms with Crippen LogP contribution in [0, 0.1) is 6.92 Å². The van der Waals surface area contributed by atoms with Gasteiger partial charge in [0.2, 0.25) is 0 Å². The van der Waals surface area contributed by atoms with Gasteiger partial charge in [-0.3, -0.25) is 15.6 Å². The Bertz CT molecular complexity index is 1210. The molecule has 0 aliphatic carbocycles. The van der Waals surface area contributed by atoms with Gasteiger partial charge in [0.1, 0.15) is 0 Å². The van der Waals surface area contributed by atoms with Crippen LogP contribution in [0.25, 0.3) is 22.3 Å². The lowest BCUT2D eigenvalue weighted by Gasteiger charge is -2.14. The summed E-state index contributed by atoms with van der Waals surface area (Å²) >= 11 is 5.28. The SMILES string of the molecule is Cc1ccc(NC(=S)NNC(=O)c2cc3cccnc3nc2-c2ccccc2)cc1. The van der Waals surface area contributed by atoms with Gasteiger partial charge in [-0.15, -0.1) is 0 Å². The third kappa shape index (κ3) is 4.42. The number of hydrogen-bond acceptors (Lipinski definition) is 4. The summed E-state index contributed by atoms with van der Waals surface area (Å²) in [5, 5.41) is 4.09. The topological polar surface area (TPSA) is 78.9 Å². The van der Waals surface area contributed by atoms with Crippen molar-refractivity contribution >= 4 is 40.0 Å². The van der Waals surface area contributed by atoms with Crippen molar-refractivity contribution in [1.29, 1.82) is 0 Å². The molecule has 2 heterocycles. The van der Waals surface area contributed by atoms with Crippen LogP contribution in [0.1, 0.15) is 15.9 Å². The van der Waals surface area contributed by atoms with Crippen molar-refractivity contribution < 1.29 is 4.79 Å². The van der Waals surface area contributed by atoms with E-state index in [0.717, 1.165) is 22.2 Å². The van der Waals surface area contributed by atoms with Gasteiger partial charge in [0, 0.05) is 22.8 Å². The predicted octanol–water partition coefficient (Wildman–Crippen LogP) is 4.24. The molecule has 2 aromatic heterocycles. The average molecular weight is 414 g/mol. The van der Waals surface area contributed by atoms with Crippen molar-refractivity contribution in [3.63, 3.8) is 0 Å². The lowest BCUT2D eigenvalue weighted by Crippen LogP contribution is -2.44. The molecule has 0 saturated carbocycles. The van der Waals surface area contributed by atoms with Crippen molar-refractivity contribution in [2.45, 2.75) is 6.92 Å². The van der Waals surface area contributed by atoms with Gasteiger partial charge >= 0.3 is 0 Å². The molecule has 1 amide bonds. The van der Waals surface area contributed by atoms with Crippen LogP contribution in [-0.4, -0.2) is 21.0 Å². The van der Waals surface area contributed by atoms with Crippen LogP contribution in [0.4, 0.5) is 5.69 Å². The average Bonchev–Trinajstić information content (AvgIpc) is 2.78. The number of fused-ring (bicyclic) bond motifs is 1. The molecule has 0 fully saturated rings. The number of hydrogen-bond donors (Lipinski definition) is 3. The molecule has 6 nitrogen and oxygen atoms in total. The maximum atomic E-state index is 13.0. The van der Waals surface area contributed by atoms with E-state index >= 15 is 0 Å². The number of pyridine rings is 2. The zero-order valence-corrected chi connectivity index (χ0v) is 17.0. The lowest BCUT2D eigenvalue weighted by atomic mass is 10.0. The quantitative estimate of drug-likeness (QED) is 0.344. The van der Waals surface area contributed by atoms with E-state index in [2.05, 4.69) is 26.1 Å². The zero-order chi connectivity index (χ0) is 20.9. The van der Waals surface area contributed by atoms with E-state index in [1.807, 2.05) is 73.7 Å². The fourth-order valence-corrected chi connectivity index (χ4v) is 3.14. The zero-order valence-electron chi connectivity index (χ0n) is 16.2. The first kappa shape index (κ1) is 19.5. The first-order chi connectivity index (χ1) is 14.6. The molecule has 30 heavy (non-hydrogen) atoms. The van der Waals surface area contributed by atoms with Crippen LogP contribution >= 0.6 is 12.2 Å². The van der Waals surface area contributed by atoms with E-state index in [0.29, 0.717) is 16.9 Å². The molecule has 148 valence electrons. The number of carbonyl (C=O) groups excluding carboxylic acids is 1. The Morgan fingerprint density at radius 1 is 0.933 bits per heavy atom. The second-order valence-electron chi connectivity index (χ2n) is 6.70. The number of amides is 1. The Labute approximate surface area is 179 Å².